The average molecular weight is 747 g/mol. The quantitative estimate of drug-likeness (QED) is 0.0615. The largest absolute Gasteiger partial charge is 0.396 e. The normalized spacial score (nSPS) is 12.3. The lowest BCUT2D eigenvalue weighted by Crippen LogP contribution is -2.06. The third-order valence-corrected chi connectivity index (χ3v) is 12.7. The number of rotatable bonds is 49. The first-order valence-electron chi connectivity index (χ1n) is 26.0. The van der Waals surface area contributed by atoms with Gasteiger partial charge in [-0.05, 0) is 18.8 Å². The Bertz CT molecular complexity index is 600. The summed E-state index contributed by atoms with van der Waals surface area (Å²) in [7, 11) is 0. The fourth-order valence-electron chi connectivity index (χ4n) is 8.76. The fraction of sp³-hybridized carbons (Fsp3) is 1.00. The summed E-state index contributed by atoms with van der Waals surface area (Å²) in [5.74, 6) is 0.572. The fourth-order valence-corrected chi connectivity index (χ4v) is 8.76. The van der Waals surface area contributed by atoms with Gasteiger partial charge in [0.2, 0.25) is 0 Å². The lowest BCUT2D eigenvalue weighted by molar-refractivity contribution is 0.204. The highest BCUT2D eigenvalue weighted by Gasteiger charge is 2.07. The second kappa shape index (κ2) is 50.0. The molecule has 0 radical (unpaired) electrons. The maximum atomic E-state index is 9.76. The second-order valence-electron chi connectivity index (χ2n) is 18.2. The highest BCUT2D eigenvalue weighted by molar-refractivity contribution is 4.60. The van der Waals surface area contributed by atoms with Crippen molar-refractivity contribution >= 4 is 0 Å². The molecule has 1 atom stereocenters. The minimum absolute atomic E-state index is 0.413. The van der Waals surface area contributed by atoms with Gasteiger partial charge in [0.1, 0.15) is 0 Å². The number of hydrogen-bond acceptors (Lipinski definition) is 1. The molecule has 1 unspecified atom stereocenters. The molecule has 0 heterocycles. The molecule has 1 nitrogen and oxygen atoms in total. The van der Waals surface area contributed by atoms with E-state index in [0.717, 1.165) is 0 Å². The summed E-state index contributed by atoms with van der Waals surface area (Å²) in [5, 5.41) is 9.76. The number of hydrogen-bond donors (Lipinski definition) is 1. The van der Waals surface area contributed by atoms with Crippen LogP contribution in [0.5, 0.6) is 0 Å². The molecule has 0 aromatic heterocycles. The van der Waals surface area contributed by atoms with Gasteiger partial charge in [-0.15, -0.1) is 0 Å². The van der Waals surface area contributed by atoms with Crippen LogP contribution in [-0.4, -0.2) is 11.7 Å². The van der Waals surface area contributed by atoms with Gasteiger partial charge < -0.3 is 5.11 Å². The highest BCUT2D eigenvalue weighted by atomic mass is 16.3. The van der Waals surface area contributed by atoms with E-state index >= 15 is 0 Å². The van der Waals surface area contributed by atoms with Gasteiger partial charge in [-0.1, -0.05) is 309 Å². The Labute approximate surface area is 338 Å². The molecule has 0 aliphatic carbocycles. The Morgan fingerprint density at radius 2 is 0.340 bits per heavy atom. The van der Waals surface area contributed by atoms with Crippen molar-refractivity contribution in [3.05, 3.63) is 0 Å². The molecule has 0 aliphatic heterocycles. The van der Waals surface area contributed by atoms with E-state index in [0.29, 0.717) is 12.5 Å². The summed E-state index contributed by atoms with van der Waals surface area (Å²) in [6.07, 6.45) is 69.5. The Hall–Kier alpha value is -0.0400. The number of unbranched alkanes of at least 4 members (excludes halogenated alkanes) is 44. The second-order valence-corrected chi connectivity index (χ2v) is 18.2. The zero-order valence-corrected chi connectivity index (χ0v) is 37.7. The van der Waals surface area contributed by atoms with Crippen molar-refractivity contribution in [2.45, 2.75) is 322 Å². The topological polar surface area (TPSA) is 20.2 Å². The molecule has 0 rings (SSSR count). The van der Waals surface area contributed by atoms with Crippen LogP contribution in [-0.2, 0) is 0 Å². The summed E-state index contributed by atoms with van der Waals surface area (Å²) in [6, 6.07) is 0. The van der Waals surface area contributed by atoms with Crippen LogP contribution in [0, 0.1) is 5.92 Å². The molecule has 0 saturated carbocycles. The molecule has 320 valence electrons. The predicted octanol–water partition coefficient (Wildman–Crippen LogP) is 19.4. The molecule has 0 aliphatic rings. The highest BCUT2D eigenvalue weighted by Crippen LogP contribution is 2.21. The summed E-state index contributed by atoms with van der Waals surface area (Å²) in [6.45, 7) is 5.02. The molecule has 0 saturated heterocycles. The zero-order valence-electron chi connectivity index (χ0n) is 37.7. The minimum atomic E-state index is 0.413. The maximum Gasteiger partial charge on any atom is 0.0459 e. The molecule has 1 N–H and O–H groups in total. The average Bonchev–Trinajstić information content (AvgIpc) is 3.17. The van der Waals surface area contributed by atoms with Crippen molar-refractivity contribution < 1.29 is 5.11 Å². The molecular formula is C52H106O. The van der Waals surface area contributed by atoms with Crippen LogP contribution in [0.2, 0.25) is 0 Å². The smallest absolute Gasteiger partial charge is 0.0459 e. The van der Waals surface area contributed by atoms with Crippen LogP contribution in [0.3, 0.4) is 0 Å². The molecule has 0 spiro atoms. The van der Waals surface area contributed by atoms with Crippen molar-refractivity contribution in [1.82, 2.24) is 0 Å². The lowest BCUT2D eigenvalue weighted by Gasteiger charge is -2.13. The van der Waals surface area contributed by atoms with Crippen molar-refractivity contribution in [1.29, 1.82) is 0 Å². The first kappa shape index (κ1) is 53.0. The van der Waals surface area contributed by atoms with Crippen molar-refractivity contribution in [3.8, 4) is 0 Å². The molecule has 0 fully saturated rings. The Morgan fingerprint density at radius 1 is 0.208 bits per heavy atom. The summed E-state index contributed by atoms with van der Waals surface area (Å²) in [4.78, 5) is 0. The zero-order chi connectivity index (χ0) is 38.2. The van der Waals surface area contributed by atoms with Gasteiger partial charge in [-0.25, -0.2) is 0 Å². The first-order chi connectivity index (χ1) is 26.3. The summed E-state index contributed by atoms with van der Waals surface area (Å²) in [5.41, 5.74) is 0. The van der Waals surface area contributed by atoms with E-state index < -0.39 is 0 Å². The lowest BCUT2D eigenvalue weighted by atomic mass is 9.94. The van der Waals surface area contributed by atoms with Gasteiger partial charge in [-0.2, -0.15) is 0 Å². The summed E-state index contributed by atoms with van der Waals surface area (Å²) < 4.78 is 0. The molecule has 0 aromatic rings. The summed E-state index contributed by atoms with van der Waals surface area (Å²) >= 11 is 0. The minimum Gasteiger partial charge on any atom is -0.396 e. The van der Waals surface area contributed by atoms with Crippen LogP contribution < -0.4 is 0 Å². The van der Waals surface area contributed by atoms with Crippen LogP contribution in [0.15, 0.2) is 0 Å². The van der Waals surface area contributed by atoms with Crippen molar-refractivity contribution in [3.63, 3.8) is 0 Å². The first-order valence-corrected chi connectivity index (χ1v) is 26.0. The maximum absolute atomic E-state index is 9.76. The third-order valence-electron chi connectivity index (χ3n) is 12.7. The van der Waals surface area contributed by atoms with Crippen LogP contribution >= 0.6 is 0 Å². The number of aliphatic hydroxyl groups excluding tert-OH is 1. The molecule has 53 heavy (non-hydrogen) atoms. The van der Waals surface area contributed by atoms with Gasteiger partial charge in [-0.3, -0.25) is 0 Å². The molecule has 0 aromatic carbocycles. The van der Waals surface area contributed by atoms with E-state index in [1.165, 1.54) is 308 Å². The third kappa shape index (κ3) is 48.0. The monoisotopic (exact) mass is 747 g/mol. The molecule has 1 heteroatoms. The van der Waals surface area contributed by atoms with E-state index in [9.17, 15) is 5.11 Å². The van der Waals surface area contributed by atoms with Gasteiger partial charge in [0.25, 0.3) is 0 Å². The van der Waals surface area contributed by atoms with Crippen molar-refractivity contribution in [2.24, 2.45) is 5.92 Å². The van der Waals surface area contributed by atoms with Crippen LogP contribution in [0.25, 0.3) is 0 Å². The number of aliphatic hydroxyl groups is 1. The Balaban J connectivity index is 3.14. The van der Waals surface area contributed by atoms with Gasteiger partial charge >= 0.3 is 0 Å². The molecule has 0 bridgehead atoms. The SMILES string of the molecule is CCCCCCCCCCCCCCCCCCCCCCCCCCCCCCCCCCCCCCCCC(CO)CCCCCCCCCC. The van der Waals surface area contributed by atoms with Gasteiger partial charge in [0.05, 0.1) is 0 Å². The van der Waals surface area contributed by atoms with E-state index in [2.05, 4.69) is 13.8 Å². The van der Waals surface area contributed by atoms with Gasteiger partial charge in [0, 0.05) is 6.61 Å². The van der Waals surface area contributed by atoms with E-state index in [-0.39, 0.29) is 0 Å². The molecular weight excluding hydrogens is 641 g/mol. The van der Waals surface area contributed by atoms with Crippen molar-refractivity contribution in [2.75, 3.05) is 6.61 Å². The van der Waals surface area contributed by atoms with Crippen LogP contribution in [0.4, 0.5) is 0 Å². The van der Waals surface area contributed by atoms with E-state index in [1.807, 2.05) is 0 Å². The Kier molecular flexibility index (Phi) is 49.9. The standard InChI is InChI=1S/C52H106O/c1-3-5-7-9-11-13-14-15-16-17-18-19-20-21-22-23-24-25-26-27-28-29-30-31-32-33-34-35-36-37-38-39-40-41-42-44-46-48-50-52(51-53)49-47-45-43-12-10-8-6-4-2/h52-53H,3-51H2,1-2H3. The van der Waals surface area contributed by atoms with Crippen LogP contribution in [0.1, 0.15) is 322 Å². The van der Waals surface area contributed by atoms with E-state index in [4.69, 9.17) is 0 Å². The van der Waals surface area contributed by atoms with Gasteiger partial charge in [0.15, 0.2) is 0 Å². The van der Waals surface area contributed by atoms with E-state index in [1.54, 1.807) is 0 Å². The predicted molar refractivity (Wildman–Crippen MR) is 244 cm³/mol. The molecule has 0 amide bonds. The Morgan fingerprint density at radius 3 is 0.472 bits per heavy atom.